The lowest BCUT2D eigenvalue weighted by molar-refractivity contribution is -0.119. The zero-order valence-electron chi connectivity index (χ0n) is 11.3. The highest BCUT2D eigenvalue weighted by molar-refractivity contribution is 8.06. The van der Waals surface area contributed by atoms with Gasteiger partial charge in [-0.25, -0.2) is 0 Å². The maximum atomic E-state index is 10.6. The second kappa shape index (κ2) is 8.44. The monoisotopic (exact) mass is 312 g/mol. The fourth-order valence-electron chi connectivity index (χ4n) is 1.89. The van der Waals surface area contributed by atoms with E-state index in [4.69, 9.17) is 10.5 Å². The first-order valence-electron chi connectivity index (χ1n) is 6.64. The lowest BCUT2D eigenvalue weighted by Crippen LogP contribution is -2.28. The average molecular weight is 312 g/mol. The highest BCUT2D eigenvalue weighted by Crippen LogP contribution is 2.23. The van der Waals surface area contributed by atoms with Crippen molar-refractivity contribution in [2.45, 2.75) is 11.8 Å². The minimum atomic E-state index is -0.460. The molecule has 0 saturated carbocycles. The maximum Gasteiger partial charge on any atom is 0.255 e. The predicted molar refractivity (Wildman–Crippen MR) is 86.4 cm³/mol. The van der Waals surface area contributed by atoms with E-state index < -0.39 is 5.91 Å². The van der Waals surface area contributed by atoms with Gasteiger partial charge in [0.2, 0.25) is 0 Å². The lowest BCUT2D eigenvalue weighted by Gasteiger charge is -2.21. The van der Waals surface area contributed by atoms with Gasteiger partial charge < -0.3 is 15.8 Å². The molecule has 1 unspecified atom stereocenters. The minimum Gasteiger partial charge on any atom is -0.484 e. The van der Waals surface area contributed by atoms with E-state index in [-0.39, 0.29) is 6.61 Å². The van der Waals surface area contributed by atoms with Crippen LogP contribution in [0.3, 0.4) is 0 Å². The smallest absolute Gasteiger partial charge is 0.255 e. The van der Waals surface area contributed by atoms with E-state index in [0.717, 1.165) is 18.3 Å². The third-order valence-corrected chi connectivity index (χ3v) is 5.74. The van der Waals surface area contributed by atoms with E-state index in [2.05, 4.69) is 17.1 Å². The summed E-state index contributed by atoms with van der Waals surface area (Å²) >= 11 is 4.11. The molecule has 1 heterocycles. The van der Waals surface area contributed by atoms with Crippen LogP contribution in [0.2, 0.25) is 0 Å². The van der Waals surface area contributed by atoms with E-state index in [9.17, 15) is 4.79 Å². The zero-order valence-corrected chi connectivity index (χ0v) is 13.0. The molecule has 1 saturated heterocycles. The Bertz CT molecular complexity index is 420. The molecular formula is C14H20N2O2S2. The van der Waals surface area contributed by atoms with Gasteiger partial charge in [-0.05, 0) is 17.7 Å². The van der Waals surface area contributed by atoms with Gasteiger partial charge in [0.1, 0.15) is 5.75 Å². The van der Waals surface area contributed by atoms with Crippen LogP contribution in [0.25, 0.3) is 0 Å². The highest BCUT2D eigenvalue weighted by atomic mass is 32.2. The van der Waals surface area contributed by atoms with Gasteiger partial charge in [-0.1, -0.05) is 12.1 Å². The molecule has 2 rings (SSSR count). The first kappa shape index (κ1) is 15.5. The number of primary amides is 1. The molecule has 1 aromatic carbocycles. The van der Waals surface area contributed by atoms with E-state index in [0.29, 0.717) is 5.75 Å². The molecule has 0 bridgehead atoms. The summed E-state index contributed by atoms with van der Waals surface area (Å²) in [6, 6.07) is 7.74. The van der Waals surface area contributed by atoms with Crippen LogP contribution in [0.1, 0.15) is 5.56 Å². The molecule has 1 atom stereocenters. The van der Waals surface area contributed by atoms with Crippen LogP contribution >= 0.6 is 23.5 Å². The Morgan fingerprint density at radius 2 is 2.15 bits per heavy atom. The van der Waals surface area contributed by atoms with Gasteiger partial charge in [0.15, 0.2) is 6.61 Å². The second-order valence-electron chi connectivity index (χ2n) is 4.60. The molecule has 1 aliphatic heterocycles. The Morgan fingerprint density at radius 1 is 1.35 bits per heavy atom. The van der Waals surface area contributed by atoms with Crippen LogP contribution in [0, 0.1) is 0 Å². The Kier molecular flexibility index (Phi) is 6.56. The molecule has 3 N–H and O–H groups in total. The predicted octanol–water partition coefficient (Wildman–Crippen LogP) is 1.49. The summed E-state index contributed by atoms with van der Waals surface area (Å²) in [4.78, 5) is 10.6. The van der Waals surface area contributed by atoms with Crippen molar-refractivity contribution in [3.8, 4) is 5.75 Å². The van der Waals surface area contributed by atoms with Crippen LogP contribution in [0.4, 0.5) is 0 Å². The Morgan fingerprint density at radius 3 is 2.80 bits per heavy atom. The van der Waals surface area contributed by atoms with Gasteiger partial charge in [-0.3, -0.25) is 4.79 Å². The SMILES string of the molecule is NC(=O)COc1ccc(CNCC2CSCCS2)cc1. The number of thioether (sulfide) groups is 2. The molecule has 1 amide bonds. The first-order valence-corrected chi connectivity index (χ1v) is 8.84. The lowest BCUT2D eigenvalue weighted by atomic mass is 10.2. The van der Waals surface area contributed by atoms with E-state index in [1.165, 1.54) is 22.8 Å². The quantitative estimate of drug-likeness (QED) is 0.798. The van der Waals surface area contributed by atoms with Gasteiger partial charge in [0, 0.05) is 35.6 Å². The van der Waals surface area contributed by atoms with Gasteiger partial charge in [-0.2, -0.15) is 23.5 Å². The van der Waals surface area contributed by atoms with Crippen molar-refractivity contribution in [3.05, 3.63) is 29.8 Å². The Labute approximate surface area is 128 Å². The van der Waals surface area contributed by atoms with Gasteiger partial charge in [0.05, 0.1) is 0 Å². The summed E-state index contributed by atoms with van der Waals surface area (Å²) in [6.45, 7) is 1.84. The summed E-state index contributed by atoms with van der Waals surface area (Å²) in [5, 5.41) is 4.22. The average Bonchev–Trinajstić information content (AvgIpc) is 2.47. The third kappa shape index (κ3) is 5.64. The molecule has 0 aliphatic carbocycles. The minimum absolute atomic E-state index is 0.0752. The van der Waals surface area contributed by atoms with Crippen molar-refractivity contribution in [3.63, 3.8) is 0 Å². The number of nitrogens with two attached hydrogens (primary N) is 1. The fraction of sp³-hybridized carbons (Fsp3) is 0.500. The molecule has 0 spiro atoms. The van der Waals surface area contributed by atoms with Gasteiger partial charge >= 0.3 is 0 Å². The van der Waals surface area contributed by atoms with Crippen LogP contribution in [0.15, 0.2) is 24.3 Å². The topological polar surface area (TPSA) is 64.4 Å². The molecule has 1 aliphatic rings. The molecule has 20 heavy (non-hydrogen) atoms. The van der Waals surface area contributed by atoms with E-state index in [1.807, 2.05) is 36.0 Å². The second-order valence-corrected chi connectivity index (χ2v) is 7.16. The standard InChI is InChI=1S/C14H20N2O2S2/c15-14(17)9-18-12-3-1-11(2-4-12)7-16-8-13-10-19-5-6-20-13/h1-4,13,16H,5-10H2,(H2,15,17). The summed E-state index contributed by atoms with van der Waals surface area (Å²) in [6.07, 6.45) is 0. The van der Waals surface area contributed by atoms with Gasteiger partial charge in [-0.15, -0.1) is 0 Å². The number of amides is 1. The molecule has 0 aromatic heterocycles. The van der Waals surface area contributed by atoms with Crippen molar-refractivity contribution in [1.82, 2.24) is 5.32 Å². The zero-order chi connectivity index (χ0) is 14.2. The highest BCUT2D eigenvalue weighted by Gasteiger charge is 2.13. The van der Waals surface area contributed by atoms with Crippen molar-refractivity contribution < 1.29 is 9.53 Å². The summed E-state index contributed by atoms with van der Waals surface area (Å²) in [5.74, 6) is 4.01. The molecule has 6 heteroatoms. The largest absolute Gasteiger partial charge is 0.484 e. The first-order chi connectivity index (χ1) is 9.74. The van der Waals surface area contributed by atoms with Crippen LogP contribution in [-0.2, 0) is 11.3 Å². The number of hydrogen-bond acceptors (Lipinski definition) is 5. The number of nitrogens with one attached hydrogen (secondary N) is 1. The summed E-state index contributed by atoms with van der Waals surface area (Å²) in [5.41, 5.74) is 6.24. The number of benzene rings is 1. The molecule has 1 aromatic rings. The van der Waals surface area contributed by atoms with Gasteiger partial charge in [0.25, 0.3) is 5.91 Å². The van der Waals surface area contributed by atoms with Crippen molar-refractivity contribution in [2.24, 2.45) is 5.73 Å². The summed E-state index contributed by atoms with van der Waals surface area (Å²) < 4.78 is 5.22. The van der Waals surface area contributed by atoms with Crippen LogP contribution < -0.4 is 15.8 Å². The molecule has 4 nitrogen and oxygen atoms in total. The van der Waals surface area contributed by atoms with Crippen LogP contribution in [0.5, 0.6) is 5.75 Å². The summed E-state index contributed by atoms with van der Waals surface area (Å²) in [7, 11) is 0. The molecule has 0 radical (unpaired) electrons. The third-order valence-electron chi connectivity index (χ3n) is 2.89. The Balaban J connectivity index is 1.69. The normalized spacial score (nSPS) is 18.7. The number of hydrogen-bond donors (Lipinski definition) is 2. The number of rotatable bonds is 7. The van der Waals surface area contributed by atoms with E-state index in [1.54, 1.807) is 0 Å². The number of carbonyl (C=O) groups is 1. The molecule has 110 valence electrons. The van der Waals surface area contributed by atoms with Crippen molar-refractivity contribution in [2.75, 3.05) is 30.4 Å². The van der Waals surface area contributed by atoms with E-state index >= 15 is 0 Å². The Hall–Kier alpha value is -0.850. The van der Waals surface area contributed by atoms with Crippen molar-refractivity contribution in [1.29, 1.82) is 0 Å². The molecular weight excluding hydrogens is 292 g/mol. The fourth-order valence-corrected chi connectivity index (χ4v) is 4.54. The van der Waals surface area contributed by atoms with Crippen molar-refractivity contribution >= 4 is 29.4 Å². The maximum absolute atomic E-state index is 10.6. The number of carbonyl (C=O) groups excluding carboxylic acids is 1. The molecule has 1 fully saturated rings. The number of ether oxygens (including phenoxy) is 1. The van der Waals surface area contributed by atoms with Crippen LogP contribution in [-0.4, -0.2) is 41.6 Å².